The maximum atomic E-state index is 14.6. The van der Waals surface area contributed by atoms with E-state index in [0.29, 0.717) is 25.8 Å². The normalized spacial score (nSPS) is 19.5. The lowest BCUT2D eigenvalue weighted by atomic mass is 9.97. The monoisotopic (exact) mass is 511 g/mol. The molecule has 1 saturated carbocycles. The standard InChI is InChI=1S/C23H24ClF2N3O4S/c1-34(32,33)20-10-14(7-8-27-20)23(31)29-9-3-2-4-19(29)22(30)28-21(13-5-6-13)15-11-18(26)16(24)12-17(15)25/h7-8,10-13,19,21H,2-6,9H2,1H3,(H,28,30)/t19-,21?/m1/s1. The summed E-state index contributed by atoms with van der Waals surface area (Å²) in [6.07, 6.45) is 5.55. The van der Waals surface area contributed by atoms with E-state index in [4.69, 9.17) is 11.6 Å². The van der Waals surface area contributed by atoms with Crippen LogP contribution < -0.4 is 5.32 Å². The third kappa shape index (κ3) is 5.22. The molecule has 1 N–H and O–H groups in total. The van der Waals surface area contributed by atoms with Crippen molar-refractivity contribution in [3.63, 3.8) is 0 Å². The number of likely N-dealkylation sites (tertiary alicyclic amines) is 1. The van der Waals surface area contributed by atoms with Gasteiger partial charge in [-0.2, -0.15) is 0 Å². The fourth-order valence-corrected chi connectivity index (χ4v) is 5.01. The number of pyridine rings is 1. The number of hydrogen-bond donors (Lipinski definition) is 1. The molecule has 7 nitrogen and oxygen atoms in total. The van der Waals surface area contributed by atoms with E-state index < -0.39 is 45.4 Å². The predicted molar refractivity (Wildman–Crippen MR) is 121 cm³/mol. The molecule has 1 unspecified atom stereocenters. The van der Waals surface area contributed by atoms with Crippen LogP contribution in [-0.4, -0.2) is 49.0 Å². The molecular formula is C23H24ClF2N3O4S. The molecule has 0 spiro atoms. The lowest BCUT2D eigenvalue weighted by Gasteiger charge is -2.36. The van der Waals surface area contributed by atoms with Gasteiger partial charge in [0, 0.05) is 30.1 Å². The summed E-state index contributed by atoms with van der Waals surface area (Å²) in [7, 11) is -3.62. The molecule has 4 rings (SSSR count). The topological polar surface area (TPSA) is 96.4 Å². The van der Waals surface area contributed by atoms with Gasteiger partial charge in [-0.1, -0.05) is 11.6 Å². The molecule has 2 aromatic rings. The van der Waals surface area contributed by atoms with Crippen molar-refractivity contribution >= 4 is 33.3 Å². The van der Waals surface area contributed by atoms with Crippen LogP contribution in [0.25, 0.3) is 0 Å². The van der Waals surface area contributed by atoms with Crippen molar-refractivity contribution in [1.82, 2.24) is 15.2 Å². The highest BCUT2D eigenvalue weighted by Gasteiger charge is 2.39. The molecule has 1 saturated heterocycles. The maximum absolute atomic E-state index is 14.6. The van der Waals surface area contributed by atoms with Crippen molar-refractivity contribution in [2.45, 2.75) is 49.2 Å². The van der Waals surface area contributed by atoms with Gasteiger partial charge in [0.05, 0.1) is 11.1 Å². The first-order valence-electron chi connectivity index (χ1n) is 11.0. The Morgan fingerprint density at radius 3 is 2.56 bits per heavy atom. The molecular weight excluding hydrogens is 488 g/mol. The first kappa shape index (κ1) is 24.5. The number of nitrogens with one attached hydrogen (secondary N) is 1. The molecule has 1 aliphatic carbocycles. The number of benzene rings is 1. The van der Waals surface area contributed by atoms with E-state index in [2.05, 4.69) is 10.3 Å². The van der Waals surface area contributed by atoms with Crippen LogP contribution >= 0.6 is 11.6 Å². The Bertz CT molecular complexity index is 1240. The van der Waals surface area contributed by atoms with Crippen molar-refractivity contribution in [1.29, 1.82) is 0 Å². The Morgan fingerprint density at radius 2 is 1.88 bits per heavy atom. The number of nitrogens with zero attached hydrogens (tertiary/aromatic N) is 2. The van der Waals surface area contributed by atoms with Crippen LogP contribution in [0.2, 0.25) is 5.02 Å². The van der Waals surface area contributed by atoms with Gasteiger partial charge in [-0.25, -0.2) is 22.2 Å². The minimum atomic E-state index is -3.62. The van der Waals surface area contributed by atoms with Crippen LogP contribution in [0.5, 0.6) is 0 Å². The molecule has 1 aromatic heterocycles. The lowest BCUT2D eigenvalue weighted by molar-refractivity contribution is -0.127. The molecule has 0 bridgehead atoms. The zero-order valence-electron chi connectivity index (χ0n) is 18.4. The molecule has 0 radical (unpaired) electrons. The molecule has 2 fully saturated rings. The van der Waals surface area contributed by atoms with E-state index in [1.54, 1.807) is 0 Å². The van der Waals surface area contributed by atoms with Gasteiger partial charge in [0.15, 0.2) is 14.9 Å². The summed E-state index contributed by atoms with van der Waals surface area (Å²) in [5.41, 5.74) is 0.137. The van der Waals surface area contributed by atoms with Crippen molar-refractivity contribution in [3.8, 4) is 0 Å². The fourth-order valence-electron chi connectivity index (χ4n) is 4.26. The van der Waals surface area contributed by atoms with Crippen molar-refractivity contribution < 1.29 is 26.8 Å². The van der Waals surface area contributed by atoms with Gasteiger partial charge in [0.25, 0.3) is 5.91 Å². The third-order valence-electron chi connectivity index (χ3n) is 6.19. The number of amides is 2. The number of piperidine rings is 1. The summed E-state index contributed by atoms with van der Waals surface area (Å²) in [4.78, 5) is 31.7. The van der Waals surface area contributed by atoms with E-state index in [1.165, 1.54) is 23.2 Å². The maximum Gasteiger partial charge on any atom is 0.254 e. The number of hydrogen-bond acceptors (Lipinski definition) is 5. The van der Waals surface area contributed by atoms with E-state index >= 15 is 0 Å². The van der Waals surface area contributed by atoms with E-state index in [0.717, 1.165) is 31.2 Å². The zero-order valence-corrected chi connectivity index (χ0v) is 20.0. The Balaban J connectivity index is 1.58. The summed E-state index contributed by atoms with van der Waals surface area (Å²) in [5, 5.41) is 2.27. The molecule has 2 aliphatic rings. The summed E-state index contributed by atoms with van der Waals surface area (Å²) in [5.74, 6) is -2.46. The SMILES string of the molecule is CS(=O)(=O)c1cc(C(=O)N2CCCC[C@@H]2C(=O)NC(c2cc(F)c(Cl)cc2F)C2CC2)ccn1. The smallest absolute Gasteiger partial charge is 0.254 e. The molecule has 2 amide bonds. The van der Waals surface area contributed by atoms with E-state index in [9.17, 15) is 26.8 Å². The van der Waals surface area contributed by atoms with E-state index in [1.807, 2.05) is 0 Å². The summed E-state index contributed by atoms with van der Waals surface area (Å²) < 4.78 is 52.3. The molecule has 34 heavy (non-hydrogen) atoms. The number of sulfone groups is 1. The van der Waals surface area contributed by atoms with Crippen LogP contribution in [0, 0.1) is 17.6 Å². The first-order chi connectivity index (χ1) is 16.1. The predicted octanol–water partition coefficient (Wildman–Crippen LogP) is 3.68. The van der Waals surface area contributed by atoms with Crippen LogP contribution in [-0.2, 0) is 14.6 Å². The third-order valence-corrected chi connectivity index (χ3v) is 7.47. The minimum Gasteiger partial charge on any atom is -0.347 e. The Labute approximate surface area is 201 Å². The first-order valence-corrected chi connectivity index (χ1v) is 13.2. The number of aromatic nitrogens is 1. The zero-order chi connectivity index (χ0) is 24.6. The van der Waals surface area contributed by atoms with Crippen LogP contribution in [0.1, 0.15) is 54.1 Å². The van der Waals surface area contributed by atoms with Crippen molar-refractivity contribution in [2.75, 3.05) is 12.8 Å². The second-order valence-electron chi connectivity index (χ2n) is 8.78. The molecule has 2 heterocycles. The largest absolute Gasteiger partial charge is 0.347 e. The fraction of sp³-hybridized carbons (Fsp3) is 0.435. The second-order valence-corrected chi connectivity index (χ2v) is 11.1. The average molecular weight is 512 g/mol. The van der Waals surface area contributed by atoms with Gasteiger partial charge in [-0.05, 0) is 62.3 Å². The average Bonchev–Trinajstić information content (AvgIpc) is 3.64. The van der Waals surface area contributed by atoms with Crippen LogP contribution in [0.3, 0.4) is 0 Å². The van der Waals surface area contributed by atoms with Crippen molar-refractivity contribution in [2.24, 2.45) is 5.92 Å². The summed E-state index contributed by atoms with van der Waals surface area (Å²) in [6.45, 7) is 0.311. The molecule has 1 aliphatic heterocycles. The van der Waals surface area contributed by atoms with Gasteiger partial charge in [-0.3, -0.25) is 9.59 Å². The van der Waals surface area contributed by atoms with Gasteiger partial charge in [0.2, 0.25) is 5.91 Å². The molecule has 1 aromatic carbocycles. The van der Waals surface area contributed by atoms with Gasteiger partial charge in [-0.15, -0.1) is 0 Å². The van der Waals surface area contributed by atoms with Gasteiger partial charge in [0.1, 0.15) is 17.7 Å². The van der Waals surface area contributed by atoms with Gasteiger partial charge >= 0.3 is 0 Å². The summed E-state index contributed by atoms with van der Waals surface area (Å²) >= 11 is 5.68. The Kier molecular flexibility index (Phi) is 6.91. The van der Waals surface area contributed by atoms with Crippen LogP contribution in [0.15, 0.2) is 35.5 Å². The number of carbonyl (C=O) groups excluding carboxylic acids is 2. The van der Waals surface area contributed by atoms with Crippen LogP contribution in [0.4, 0.5) is 8.78 Å². The minimum absolute atomic E-state index is 0.0263. The highest BCUT2D eigenvalue weighted by Crippen LogP contribution is 2.42. The quantitative estimate of drug-likeness (QED) is 0.597. The second kappa shape index (κ2) is 9.58. The number of halogens is 3. The lowest BCUT2D eigenvalue weighted by Crippen LogP contribution is -2.52. The molecule has 11 heteroatoms. The van der Waals surface area contributed by atoms with Crippen molar-refractivity contribution in [3.05, 3.63) is 58.2 Å². The Hall–Kier alpha value is -2.59. The summed E-state index contributed by atoms with van der Waals surface area (Å²) in [6, 6.07) is 2.94. The van der Waals surface area contributed by atoms with E-state index in [-0.39, 0.29) is 27.1 Å². The number of carbonyl (C=O) groups is 2. The highest BCUT2D eigenvalue weighted by atomic mass is 35.5. The molecule has 2 atom stereocenters. The number of rotatable bonds is 6. The highest BCUT2D eigenvalue weighted by molar-refractivity contribution is 7.90. The molecule has 182 valence electrons. The van der Waals surface area contributed by atoms with Gasteiger partial charge < -0.3 is 10.2 Å². The Morgan fingerprint density at radius 1 is 1.15 bits per heavy atom.